The molecule has 2 aliphatic rings. The molecule has 2 aromatic carbocycles. The minimum atomic E-state index is -0.0383. The van der Waals surface area contributed by atoms with E-state index in [9.17, 15) is 4.79 Å². The molecule has 0 unspecified atom stereocenters. The van der Waals surface area contributed by atoms with Gasteiger partial charge in [-0.25, -0.2) is 9.97 Å². The molecule has 0 aliphatic carbocycles. The highest BCUT2D eigenvalue weighted by atomic mass is 32.1. The molecule has 9 heteroatoms. The summed E-state index contributed by atoms with van der Waals surface area (Å²) in [5.74, 6) is 2.22. The summed E-state index contributed by atoms with van der Waals surface area (Å²) in [6.45, 7) is 4.27. The molecule has 4 heterocycles. The molecule has 2 aliphatic heterocycles. The van der Waals surface area contributed by atoms with Crippen molar-refractivity contribution in [2.45, 2.75) is 13.1 Å². The smallest absolute Gasteiger partial charge is 0.261 e. The van der Waals surface area contributed by atoms with Gasteiger partial charge in [-0.3, -0.25) is 14.3 Å². The minimum Gasteiger partial charge on any atom is -0.454 e. The van der Waals surface area contributed by atoms with Gasteiger partial charge in [-0.2, -0.15) is 0 Å². The quantitative estimate of drug-likeness (QED) is 0.451. The normalized spacial score (nSPS) is 15.9. The lowest BCUT2D eigenvalue weighted by Gasteiger charge is -2.27. The zero-order chi connectivity index (χ0) is 22.2. The van der Waals surface area contributed by atoms with E-state index < -0.39 is 0 Å². The molecule has 0 amide bonds. The SMILES string of the molecule is O=c1c2ccccc2nc(CN2CCOCC2)n1Cc1nc(-c2ccc3c(c2)OCO3)cs1. The zero-order valence-corrected chi connectivity index (χ0v) is 18.7. The van der Waals surface area contributed by atoms with Crippen molar-refractivity contribution in [3.05, 3.63) is 69.0 Å². The monoisotopic (exact) mass is 462 g/mol. The summed E-state index contributed by atoms with van der Waals surface area (Å²) in [6, 6.07) is 13.3. The van der Waals surface area contributed by atoms with Gasteiger partial charge in [-0.05, 0) is 30.3 Å². The summed E-state index contributed by atoms with van der Waals surface area (Å²) < 4.78 is 18.1. The molecule has 0 atom stereocenters. The highest BCUT2D eigenvalue weighted by molar-refractivity contribution is 7.09. The van der Waals surface area contributed by atoms with Gasteiger partial charge in [0.2, 0.25) is 6.79 Å². The average molecular weight is 463 g/mol. The average Bonchev–Trinajstić information content (AvgIpc) is 3.51. The van der Waals surface area contributed by atoms with E-state index in [0.717, 1.165) is 52.2 Å². The first kappa shape index (κ1) is 20.3. The third-order valence-electron chi connectivity index (χ3n) is 5.92. The van der Waals surface area contributed by atoms with Crippen LogP contribution in [0.1, 0.15) is 10.8 Å². The third-order valence-corrected chi connectivity index (χ3v) is 6.76. The van der Waals surface area contributed by atoms with Crippen LogP contribution in [0.2, 0.25) is 0 Å². The molecule has 0 N–H and O–H groups in total. The largest absolute Gasteiger partial charge is 0.454 e. The second kappa shape index (κ2) is 8.58. The number of ether oxygens (including phenoxy) is 3. The number of aromatic nitrogens is 3. The van der Waals surface area contributed by atoms with Crippen LogP contribution < -0.4 is 15.0 Å². The summed E-state index contributed by atoms with van der Waals surface area (Å²) in [4.78, 5) is 25.4. The van der Waals surface area contributed by atoms with Gasteiger partial charge in [-0.15, -0.1) is 11.3 Å². The van der Waals surface area contributed by atoms with Gasteiger partial charge in [0.05, 0.1) is 42.9 Å². The standard InChI is InChI=1S/C24H22N4O4S/c29-24-17-3-1-2-4-18(17)25-22(12-27-7-9-30-10-8-27)28(24)13-23-26-19(14-33-23)16-5-6-20-21(11-16)32-15-31-20/h1-6,11,14H,7-10,12-13,15H2. The Morgan fingerprint density at radius 2 is 1.82 bits per heavy atom. The molecule has 0 spiro atoms. The lowest BCUT2D eigenvalue weighted by atomic mass is 10.1. The van der Waals surface area contributed by atoms with E-state index in [1.807, 2.05) is 47.8 Å². The van der Waals surface area contributed by atoms with Crippen LogP contribution in [0, 0.1) is 0 Å². The van der Waals surface area contributed by atoms with Gasteiger partial charge >= 0.3 is 0 Å². The minimum absolute atomic E-state index is 0.0383. The molecule has 168 valence electrons. The Labute approximate surface area is 194 Å². The molecule has 0 saturated carbocycles. The molecule has 8 nitrogen and oxygen atoms in total. The van der Waals surface area contributed by atoms with E-state index in [1.54, 1.807) is 4.57 Å². The maximum Gasteiger partial charge on any atom is 0.261 e. The Bertz CT molecular complexity index is 1380. The maximum atomic E-state index is 13.4. The van der Waals surface area contributed by atoms with Gasteiger partial charge < -0.3 is 14.2 Å². The maximum absolute atomic E-state index is 13.4. The van der Waals surface area contributed by atoms with E-state index in [2.05, 4.69) is 4.90 Å². The molecule has 0 radical (unpaired) electrons. The van der Waals surface area contributed by atoms with Crippen molar-refractivity contribution in [3.8, 4) is 22.8 Å². The fraction of sp³-hybridized carbons (Fsp3) is 0.292. The molecule has 1 fully saturated rings. The van der Waals surface area contributed by atoms with Gasteiger partial charge in [0.1, 0.15) is 10.8 Å². The van der Waals surface area contributed by atoms with Gasteiger partial charge in [-0.1, -0.05) is 12.1 Å². The molecule has 0 bridgehead atoms. The number of benzene rings is 2. The fourth-order valence-corrected chi connectivity index (χ4v) is 4.96. The van der Waals surface area contributed by atoms with Crippen LogP contribution in [0.3, 0.4) is 0 Å². The molecule has 4 aromatic rings. The summed E-state index contributed by atoms with van der Waals surface area (Å²) >= 11 is 1.54. The third kappa shape index (κ3) is 3.99. The van der Waals surface area contributed by atoms with Crippen LogP contribution in [-0.2, 0) is 17.8 Å². The van der Waals surface area contributed by atoms with Crippen LogP contribution in [0.5, 0.6) is 11.5 Å². The lowest BCUT2D eigenvalue weighted by Crippen LogP contribution is -2.38. The number of rotatable bonds is 5. The number of hydrogen-bond acceptors (Lipinski definition) is 8. The Morgan fingerprint density at radius 3 is 2.73 bits per heavy atom. The van der Waals surface area contributed by atoms with E-state index in [1.165, 1.54) is 11.3 Å². The Kier molecular flexibility index (Phi) is 5.29. The Balaban J connectivity index is 1.34. The number of para-hydroxylation sites is 1. The van der Waals surface area contributed by atoms with Crippen molar-refractivity contribution in [1.29, 1.82) is 0 Å². The molecule has 33 heavy (non-hydrogen) atoms. The number of hydrogen-bond donors (Lipinski definition) is 0. The van der Waals surface area contributed by atoms with Crippen molar-refractivity contribution in [2.24, 2.45) is 0 Å². The van der Waals surface area contributed by atoms with Gasteiger partial charge in [0, 0.05) is 24.0 Å². The van der Waals surface area contributed by atoms with Crippen LogP contribution in [0.4, 0.5) is 0 Å². The molecular weight excluding hydrogens is 440 g/mol. The van der Waals surface area contributed by atoms with Crippen molar-refractivity contribution in [2.75, 3.05) is 33.1 Å². The summed E-state index contributed by atoms with van der Waals surface area (Å²) in [6.07, 6.45) is 0. The van der Waals surface area contributed by atoms with Crippen LogP contribution in [-0.4, -0.2) is 52.5 Å². The first-order chi connectivity index (χ1) is 16.2. The van der Waals surface area contributed by atoms with Gasteiger partial charge in [0.15, 0.2) is 11.5 Å². The van der Waals surface area contributed by atoms with Crippen LogP contribution in [0.25, 0.3) is 22.2 Å². The Morgan fingerprint density at radius 1 is 0.970 bits per heavy atom. The van der Waals surface area contributed by atoms with Crippen molar-refractivity contribution < 1.29 is 14.2 Å². The zero-order valence-electron chi connectivity index (χ0n) is 17.9. The number of thiazole rings is 1. The van der Waals surface area contributed by atoms with E-state index in [4.69, 9.17) is 24.2 Å². The van der Waals surface area contributed by atoms with Crippen molar-refractivity contribution >= 4 is 22.2 Å². The summed E-state index contributed by atoms with van der Waals surface area (Å²) in [5, 5.41) is 3.48. The summed E-state index contributed by atoms with van der Waals surface area (Å²) in [5.41, 5.74) is 2.50. The molecular formula is C24H22N4O4S. The molecule has 2 aromatic heterocycles. The molecule has 6 rings (SSSR count). The molecule has 1 saturated heterocycles. The highest BCUT2D eigenvalue weighted by Crippen LogP contribution is 2.36. The topological polar surface area (TPSA) is 78.7 Å². The first-order valence-corrected chi connectivity index (χ1v) is 11.8. The predicted octanol–water partition coefficient (Wildman–Crippen LogP) is 3.13. The lowest BCUT2D eigenvalue weighted by molar-refractivity contribution is 0.0325. The van der Waals surface area contributed by atoms with E-state index in [-0.39, 0.29) is 12.4 Å². The van der Waals surface area contributed by atoms with E-state index >= 15 is 0 Å². The Hall–Kier alpha value is -3.27. The highest BCUT2D eigenvalue weighted by Gasteiger charge is 2.19. The first-order valence-electron chi connectivity index (χ1n) is 10.9. The summed E-state index contributed by atoms with van der Waals surface area (Å²) in [7, 11) is 0. The van der Waals surface area contributed by atoms with Crippen LogP contribution >= 0.6 is 11.3 Å². The number of nitrogens with zero attached hydrogens (tertiary/aromatic N) is 4. The van der Waals surface area contributed by atoms with Gasteiger partial charge in [0.25, 0.3) is 5.56 Å². The fourth-order valence-electron chi connectivity index (χ4n) is 4.16. The predicted molar refractivity (Wildman–Crippen MR) is 125 cm³/mol. The second-order valence-electron chi connectivity index (χ2n) is 8.02. The number of fused-ring (bicyclic) bond motifs is 2. The van der Waals surface area contributed by atoms with Crippen LogP contribution in [0.15, 0.2) is 52.6 Å². The number of morpholine rings is 1. The second-order valence-corrected chi connectivity index (χ2v) is 8.96. The van der Waals surface area contributed by atoms with E-state index in [0.29, 0.717) is 31.7 Å². The van der Waals surface area contributed by atoms with Crippen molar-refractivity contribution in [3.63, 3.8) is 0 Å². The van der Waals surface area contributed by atoms with Crippen molar-refractivity contribution in [1.82, 2.24) is 19.4 Å².